The number of hydrogen-bond donors (Lipinski definition) is 0. The highest BCUT2D eigenvalue weighted by Crippen LogP contribution is 2.25. The normalized spacial score (nSPS) is 20.6. The van der Waals surface area contributed by atoms with Gasteiger partial charge in [0.2, 0.25) is 0 Å². The van der Waals surface area contributed by atoms with Crippen LogP contribution in [0.3, 0.4) is 0 Å². The highest BCUT2D eigenvalue weighted by atomic mass is 16.2. The molecule has 3 heterocycles. The summed E-state index contributed by atoms with van der Waals surface area (Å²) < 4.78 is 1.54. The molecular formula is C17H19N5O. The minimum Gasteiger partial charge on any atom is -0.328 e. The number of nitrogens with zero attached hydrogens (tertiary/aromatic N) is 5. The summed E-state index contributed by atoms with van der Waals surface area (Å²) in [5.41, 5.74) is 1.15. The third kappa shape index (κ3) is 2.92. The second kappa shape index (κ2) is 6.56. The Labute approximate surface area is 134 Å². The Morgan fingerprint density at radius 3 is 2.96 bits per heavy atom. The van der Waals surface area contributed by atoms with Gasteiger partial charge in [-0.2, -0.15) is 0 Å². The smallest absolute Gasteiger partial charge is 0.254 e. The standard InChI is InChI=1S/C17H19N5O/c1-3-6-14-8-5-9-15(7-4-2)22(14)17(23)13-10-11-21-16(12-13)18-19-20-21/h3-5,8,10-12,14-15H,1-2,6-7,9H2/t14-,15-/m1/s1. The average Bonchev–Trinajstić information content (AvgIpc) is 3.03. The van der Waals surface area contributed by atoms with E-state index in [1.54, 1.807) is 18.3 Å². The molecule has 0 saturated heterocycles. The Bertz CT molecular complexity index is 763. The molecule has 0 radical (unpaired) electrons. The Kier molecular flexibility index (Phi) is 4.32. The molecule has 3 rings (SSSR count). The first-order valence-electron chi connectivity index (χ1n) is 7.63. The van der Waals surface area contributed by atoms with Crippen LogP contribution in [-0.2, 0) is 0 Å². The summed E-state index contributed by atoms with van der Waals surface area (Å²) in [6, 6.07) is 3.60. The zero-order valence-corrected chi connectivity index (χ0v) is 12.9. The molecule has 0 aromatic carbocycles. The second-order valence-electron chi connectivity index (χ2n) is 5.54. The maximum atomic E-state index is 13.1. The number of amides is 1. The van der Waals surface area contributed by atoms with Gasteiger partial charge in [-0.05, 0) is 41.8 Å². The number of aromatic nitrogens is 4. The first-order chi connectivity index (χ1) is 11.2. The lowest BCUT2D eigenvalue weighted by Crippen LogP contribution is -2.48. The van der Waals surface area contributed by atoms with E-state index in [0.717, 1.165) is 19.3 Å². The monoisotopic (exact) mass is 309 g/mol. The summed E-state index contributed by atoms with van der Waals surface area (Å²) in [6.45, 7) is 7.62. The SMILES string of the molecule is C=CC[C@@H]1CC=C[C@@H](CC=C)N1C(=O)c1ccn2nnnc2c1. The number of carbonyl (C=O) groups excluding carboxylic acids is 1. The van der Waals surface area contributed by atoms with Gasteiger partial charge in [0.05, 0.1) is 6.04 Å². The van der Waals surface area contributed by atoms with E-state index in [-0.39, 0.29) is 18.0 Å². The van der Waals surface area contributed by atoms with Crippen LogP contribution in [0.15, 0.2) is 55.8 Å². The van der Waals surface area contributed by atoms with E-state index in [1.807, 2.05) is 17.1 Å². The van der Waals surface area contributed by atoms with Crippen molar-refractivity contribution in [3.05, 3.63) is 61.4 Å². The first kappa shape index (κ1) is 15.1. The molecule has 1 amide bonds. The second-order valence-corrected chi connectivity index (χ2v) is 5.54. The zero-order chi connectivity index (χ0) is 16.2. The summed E-state index contributed by atoms with van der Waals surface area (Å²) >= 11 is 0. The van der Waals surface area contributed by atoms with E-state index < -0.39 is 0 Å². The molecule has 6 nitrogen and oxygen atoms in total. The molecule has 0 unspecified atom stereocenters. The first-order valence-corrected chi connectivity index (χ1v) is 7.63. The Morgan fingerprint density at radius 1 is 1.35 bits per heavy atom. The van der Waals surface area contributed by atoms with Crippen LogP contribution in [0.5, 0.6) is 0 Å². The van der Waals surface area contributed by atoms with E-state index >= 15 is 0 Å². The van der Waals surface area contributed by atoms with Gasteiger partial charge < -0.3 is 4.90 Å². The fraction of sp³-hybridized carbons (Fsp3) is 0.294. The van der Waals surface area contributed by atoms with Crippen LogP contribution in [0.4, 0.5) is 0 Å². The third-order valence-corrected chi connectivity index (χ3v) is 4.04. The van der Waals surface area contributed by atoms with Crippen LogP contribution >= 0.6 is 0 Å². The van der Waals surface area contributed by atoms with Crippen molar-refractivity contribution in [2.24, 2.45) is 0 Å². The van der Waals surface area contributed by atoms with Crippen LogP contribution in [0.25, 0.3) is 5.65 Å². The lowest BCUT2D eigenvalue weighted by atomic mass is 9.96. The molecule has 0 aliphatic carbocycles. The molecule has 2 aromatic heterocycles. The number of pyridine rings is 1. The van der Waals surface area contributed by atoms with E-state index in [1.165, 1.54) is 4.52 Å². The van der Waals surface area contributed by atoms with E-state index in [0.29, 0.717) is 11.2 Å². The van der Waals surface area contributed by atoms with Gasteiger partial charge in [0.15, 0.2) is 5.65 Å². The fourth-order valence-corrected chi connectivity index (χ4v) is 2.97. The van der Waals surface area contributed by atoms with Crippen molar-refractivity contribution in [1.29, 1.82) is 0 Å². The van der Waals surface area contributed by atoms with Crippen molar-refractivity contribution >= 4 is 11.6 Å². The number of tetrazole rings is 1. The molecule has 6 heteroatoms. The molecule has 23 heavy (non-hydrogen) atoms. The van der Waals surface area contributed by atoms with Gasteiger partial charge >= 0.3 is 0 Å². The number of carbonyl (C=O) groups is 1. The van der Waals surface area contributed by atoms with Crippen LogP contribution in [0.1, 0.15) is 29.6 Å². The van der Waals surface area contributed by atoms with Crippen molar-refractivity contribution in [3.63, 3.8) is 0 Å². The summed E-state index contributed by atoms with van der Waals surface area (Å²) in [6.07, 6.45) is 11.9. The summed E-state index contributed by atoms with van der Waals surface area (Å²) in [4.78, 5) is 15.0. The summed E-state index contributed by atoms with van der Waals surface area (Å²) in [5.74, 6) is -0.0152. The van der Waals surface area contributed by atoms with Gasteiger partial charge in [-0.1, -0.05) is 24.3 Å². The van der Waals surface area contributed by atoms with Gasteiger partial charge in [-0.15, -0.1) is 18.3 Å². The van der Waals surface area contributed by atoms with E-state index in [4.69, 9.17) is 0 Å². The van der Waals surface area contributed by atoms with Gasteiger partial charge in [-0.3, -0.25) is 4.79 Å². The molecule has 1 aliphatic rings. The van der Waals surface area contributed by atoms with Crippen molar-refractivity contribution in [3.8, 4) is 0 Å². The summed E-state index contributed by atoms with van der Waals surface area (Å²) in [7, 11) is 0. The molecule has 1 aliphatic heterocycles. The molecule has 0 spiro atoms. The number of fused-ring (bicyclic) bond motifs is 1. The van der Waals surface area contributed by atoms with Crippen LogP contribution in [0.2, 0.25) is 0 Å². The molecule has 118 valence electrons. The minimum absolute atomic E-state index is 0.0152. The van der Waals surface area contributed by atoms with Gasteiger partial charge in [0, 0.05) is 17.8 Å². The third-order valence-electron chi connectivity index (χ3n) is 4.04. The van der Waals surface area contributed by atoms with Crippen molar-refractivity contribution in [2.75, 3.05) is 0 Å². The van der Waals surface area contributed by atoms with Crippen molar-refractivity contribution < 1.29 is 4.79 Å². The lowest BCUT2D eigenvalue weighted by molar-refractivity contribution is 0.0607. The number of hydrogen-bond acceptors (Lipinski definition) is 4. The van der Waals surface area contributed by atoms with Gasteiger partial charge in [0.1, 0.15) is 0 Å². The largest absolute Gasteiger partial charge is 0.328 e. The molecular weight excluding hydrogens is 290 g/mol. The molecule has 2 aromatic rings. The van der Waals surface area contributed by atoms with Gasteiger partial charge in [0.25, 0.3) is 5.91 Å². The zero-order valence-electron chi connectivity index (χ0n) is 12.9. The Balaban J connectivity index is 1.95. The Morgan fingerprint density at radius 2 is 2.17 bits per heavy atom. The van der Waals surface area contributed by atoms with Crippen LogP contribution in [0, 0.1) is 0 Å². The average molecular weight is 309 g/mol. The number of rotatable bonds is 5. The fourth-order valence-electron chi connectivity index (χ4n) is 2.97. The van der Waals surface area contributed by atoms with E-state index in [9.17, 15) is 4.79 Å². The molecule has 2 atom stereocenters. The van der Waals surface area contributed by atoms with Crippen LogP contribution < -0.4 is 0 Å². The maximum absolute atomic E-state index is 13.1. The Hall–Kier alpha value is -2.76. The molecule has 0 N–H and O–H groups in total. The van der Waals surface area contributed by atoms with Crippen molar-refractivity contribution in [2.45, 2.75) is 31.3 Å². The molecule has 0 saturated carbocycles. The van der Waals surface area contributed by atoms with Gasteiger partial charge in [-0.25, -0.2) is 4.52 Å². The predicted octanol–water partition coefficient (Wildman–Crippen LogP) is 2.42. The topological polar surface area (TPSA) is 63.4 Å². The quantitative estimate of drug-likeness (QED) is 0.796. The highest BCUT2D eigenvalue weighted by Gasteiger charge is 2.31. The highest BCUT2D eigenvalue weighted by molar-refractivity contribution is 5.95. The summed E-state index contributed by atoms with van der Waals surface area (Å²) in [5, 5.41) is 11.3. The molecule has 0 fully saturated rings. The molecule has 0 bridgehead atoms. The van der Waals surface area contributed by atoms with Crippen molar-refractivity contribution in [1.82, 2.24) is 24.9 Å². The van der Waals surface area contributed by atoms with Crippen LogP contribution in [-0.4, -0.2) is 42.9 Å². The van der Waals surface area contributed by atoms with E-state index in [2.05, 4.69) is 40.8 Å². The lowest BCUT2D eigenvalue weighted by Gasteiger charge is -2.39. The minimum atomic E-state index is -0.0152. The maximum Gasteiger partial charge on any atom is 0.254 e. The predicted molar refractivity (Wildman–Crippen MR) is 87.9 cm³/mol.